The molecule has 0 radical (unpaired) electrons. The summed E-state index contributed by atoms with van der Waals surface area (Å²) in [5, 5.41) is -0.450. The minimum absolute atomic E-state index is 0. The molecule has 1 aromatic carbocycles. The fourth-order valence-electron chi connectivity index (χ4n) is 0.726. The number of hydrogen-bond donors (Lipinski definition) is 0. The summed E-state index contributed by atoms with van der Waals surface area (Å²) in [6, 6.07) is 9.52. The van der Waals surface area contributed by atoms with Crippen molar-refractivity contribution in [3.05, 3.63) is 42.0 Å². The van der Waals surface area contributed by atoms with E-state index in [2.05, 4.69) is 0 Å². The Morgan fingerprint density at radius 3 is 2.33 bits per heavy atom. The first kappa shape index (κ1) is 10.9. The monoisotopic (exact) mass is 184 g/mol. The molecular weight excluding hydrogens is 176 g/mol. The van der Waals surface area contributed by atoms with Crippen LogP contribution in [0.25, 0.3) is 6.08 Å². The van der Waals surface area contributed by atoms with E-state index in [4.69, 9.17) is 11.6 Å². The van der Waals surface area contributed by atoms with E-state index in [0.29, 0.717) is 0 Å². The van der Waals surface area contributed by atoms with Crippen LogP contribution >= 0.6 is 11.6 Å². The summed E-state index contributed by atoms with van der Waals surface area (Å²) < 4.78 is 0. The van der Waals surface area contributed by atoms with Crippen molar-refractivity contribution >= 4 is 22.9 Å². The summed E-state index contributed by atoms with van der Waals surface area (Å²) in [4.78, 5) is 10.3. The van der Waals surface area contributed by atoms with Crippen molar-refractivity contribution in [1.29, 1.82) is 0 Å². The van der Waals surface area contributed by atoms with Crippen molar-refractivity contribution in [3.63, 3.8) is 0 Å². The standard InChI is InChI=1S/C9H7ClO.H2O/c10-9(11)7-6-8-4-2-1-3-5-8;/h1-7H;1H2. The second-order valence-electron chi connectivity index (χ2n) is 2.05. The Kier molecular flexibility index (Phi) is 5.00. The van der Waals surface area contributed by atoms with Gasteiger partial charge in [0.25, 0.3) is 0 Å². The predicted molar refractivity (Wildman–Crippen MR) is 49.9 cm³/mol. The molecular formula is C9H9ClO2. The maximum Gasteiger partial charge on any atom is 0.245 e. The van der Waals surface area contributed by atoms with Gasteiger partial charge in [0.15, 0.2) is 0 Å². The number of allylic oxidation sites excluding steroid dienone is 1. The molecule has 0 bridgehead atoms. The molecule has 0 saturated carbocycles. The minimum Gasteiger partial charge on any atom is -0.412 e. The minimum atomic E-state index is -0.450. The first-order chi connectivity index (χ1) is 5.29. The number of carbonyl (C=O) groups excluding carboxylic acids is 1. The Hall–Kier alpha value is -1.12. The van der Waals surface area contributed by atoms with Crippen LogP contribution in [-0.4, -0.2) is 10.7 Å². The van der Waals surface area contributed by atoms with Crippen molar-refractivity contribution in [1.82, 2.24) is 0 Å². The zero-order valence-electron chi connectivity index (χ0n) is 6.33. The molecule has 12 heavy (non-hydrogen) atoms. The van der Waals surface area contributed by atoms with Crippen LogP contribution in [0.3, 0.4) is 0 Å². The summed E-state index contributed by atoms with van der Waals surface area (Å²) in [5.74, 6) is 0. The highest BCUT2D eigenvalue weighted by Gasteiger charge is 1.85. The second kappa shape index (κ2) is 5.52. The highest BCUT2D eigenvalue weighted by Crippen LogP contribution is 2.01. The lowest BCUT2D eigenvalue weighted by atomic mass is 10.2. The Balaban J connectivity index is 0.00000121. The van der Waals surface area contributed by atoms with Crippen molar-refractivity contribution in [3.8, 4) is 0 Å². The zero-order chi connectivity index (χ0) is 8.10. The second-order valence-corrected chi connectivity index (χ2v) is 2.42. The van der Waals surface area contributed by atoms with Crippen molar-refractivity contribution in [2.24, 2.45) is 0 Å². The summed E-state index contributed by atoms with van der Waals surface area (Å²) in [6.45, 7) is 0. The SMILES string of the molecule is O.O=C(Cl)C=Cc1ccccc1. The van der Waals surface area contributed by atoms with Crippen LogP contribution in [0.5, 0.6) is 0 Å². The molecule has 0 aliphatic rings. The summed E-state index contributed by atoms with van der Waals surface area (Å²) in [6.07, 6.45) is 3.01. The quantitative estimate of drug-likeness (QED) is 0.509. The Bertz CT molecular complexity index is 267. The molecule has 64 valence electrons. The van der Waals surface area contributed by atoms with E-state index < -0.39 is 5.24 Å². The van der Waals surface area contributed by atoms with Crippen LogP contribution in [0.4, 0.5) is 0 Å². The fourth-order valence-corrected chi connectivity index (χ4v) is 0.789. The lowest BCUT2D eigenvalue weighted by Crippen LogP contribution is -1.75. The van der Waals surface area contributed by atoms with Gasteiger partial charge in [-0.05, 0) is 23.2 Å². The van der Waals surface area contributed by atoms with Gasteiger partial charge in [-0.1, -0.05) is 36.4 Å². The molecule has 0 saturated heterocycles. The maximum atomic E-state index is 10.3. The molecule has 0 aliphatic carbocycles. The Morgan fingerprint density at radius 1 is 1.25 bits per heavy atom. The fraction of sp³-hybridized carbons (Fsp3) is 0. The molecule has 0 heterocycles. The van der Waals surface area contributed by atoms with Gasteiger partial charge in [-0.15, -0.1) is 0 Å². The number of carbonyl (C=O) groups is 1. The summed E-state index contributed by atoms with van der Waals surface area (Å²) >= 11 is 5.10. The molecule has 1 aromatic rings. The van der Waals surface area contributed by atoms with Gasteiger partial charge in [0.2, 0.25) is 5.24 Å². The van der Waals surface area contributed by atoms with Crippen molar-refractivity contribution in [2.45, 2.75) is 0 Å². The largest absolute Gasteiger partial charge is 0.412 e. The first-order valence-corrected chi connectivity index (χ1v) is 3.59. The third-order valence-corrected chi connectivity index (χ3v) is 1.33. The van der Waals surface area contributed by atoms with E-state index in [0.717, 1.165) is 5.56 Å². The van der Waals surface area contributed by atoms with Gasteiger partial charge in [-0.25, -0.2) is 0 Å². The highest BCUT2D eigenvalue weighted by atomic mass is 35.5. The van der Waals surface area contributed by atoms with Gasteiger partial charge >= 0.3 is 0 Å². The van der Waals surface area contributed by atoms with Gasteiger partial charge < -0.3 is 5.48 Å². The third kappa shape index (κ3) is 3.91. The predicted octanol–water partition coefficient (Wildman–Crippen LogP) is 1.64. The smallest absolute Gasteiger partial charge is 0.245 e. The molecule has 0 spiro atoms. The molecule has 0 aromatic heterocycles. The van der Waals surface area contributed by atoms with Gasteiger partial charge in [-0.3, -0.25) is 4.79 Å². The van der Waals surface area contributed by atoms with Crippen LogP contribution in [0.2, 0.25) is 0 Å². The average molecular weight is 185 g/mol. The van der Waals surface area contributed by atoms with Crippen LogP contribution in [0.1, 0.15) is 5.56 Å². The number of halogens is 1. The van der Waals surface area contributed by atoms with E-state index in [1.807, 2.05) is 30.3 Å². The van der Waals surface area contributed by atoms with Gasteiger partial charge in [0, 0.05) is 0 Å². The van der Waals surface area contributed by atoms with E-state index in [-0.39, 0.29) is 5.48 Å². The van der Waals surface area contributed by atoms with E-state index in [1.54, 1.807) is 6.08 Å². The topological polar surface area (TPSA) is 48.6 Å². The highest BCUT2D eigenvalue weighted by molar-refractivity contribution is 6.66. The molecule has 0 amide bonds. The lowest BCUT2D eigenvalue weighted by Gasteiger charge is -1.87. The molecule has 1 rings (SSSR count). The van der Waals surface area contributed by atoms with E-state index >= 15 is 0 Å². The van der Waals surface area contributed by atoms with Crippen LogP contribution in [0.15, 0.2) is 36.4 Å². The number of rotatable bonds is 2. The number of hydrogen-bond acceptors (Lipinski definition) is 1. The van der Waals surface area contributed by atoms with Crippen LogP contribution in [0, 0.1) is 0 Å². The lowest BCUT2D eigenvalue weighted by molar-refractivity contribution is -0.107. The normalized spacial score (nSPS) is 9.42. The molecule has 0 atom stereocenters. The Morgan fingerprint density at radius 2 is 1.83 bits per heavy atom. The number of benzene rings is 1. The molecule has 0 aliphatic heterocycles. The molecule has 2 N–H and O–H groups in total. The first-order valence-electron chi connectivity index (χ1n) is 3.21. The molecule has 0 fully saturated rings. The molecule has 2 nitrogen and oxygen atoms in total. The van der Waals surface area contributed by atoms with Crippen LogP contribution in [-0.2, 0) is 4.79 Å². The zero-order valence-corrected chi connectivity index (χ0v) is 7.08. The molecule has 3 heteroatoms. The van der Waals surface area contributed by atoms with Crippen molar-refractivity contribution < 1.29 is 10.3 Å². The Labute approximate surface area is 75.8 Å². The molecule has 0 unspecified atom stereocenters. The van der Waals surface area contributed by atoms with Gasteiger partial charge in [0.1, 0.15) is 0 Å². The third-order valence-electron chi connectivity index (χ3n) is 1.21. The summed E-state index contributed by atoms with van der Waals surface area (Å²) in [7, 11) is 0. The summed E-state index contributed by atoms with van der Waals surface area (Å²) in [5.41, 5.74) is 0.974. The van der Waals surface area contributed by atoms with Gasteiger partial charge in [-0.2, -0.15) is 0 Å². The average Bonchev–Trinajstić information content (AvgIpc) is 2.03. The maximum absolute atomic E-state index is 10.3. The van der Waals surface area contributed by atoms with Crippen LogP contribution < -0.4 is 0 Å². The van der Waals surface area contributed by atoms with Gasteiger partial charge in [0.05, 0.1) is 0 Å². The van der Waals surface area contributed by atoms with E-state index in [1.165, 1.54) is 6.08 Å². The van der Waals surface area contributed by atoms with E-state index in [9.17, 15) is 4.79 Å². The van der Waals surface area contributed by atoms with Crippen molar-refractivity contribution in [2.75, 3.05) is 0 Å².